The second kappa shape index (κ2) is 7.44. The first kappa shape index (κ1) is 16.4. The number of aromatic carboxylic acids is 1. The maximum Gasteiger partial charge on any atom is 0.335 e. The Hall–Kier alpha value is -3.41. The molecule has 1 aliphatic heterocycles. The lowest BCUT2D eigenvalue weighted by molar-refractivity contribution is -0.110. The molecule has 6 heteroatoms. The van der Waals surface area contributed by atoms with Crippen LogP contribution in [0.25, 0.3) is 5.57 Å². The van der Waals surface area contributed by atoms with Crippen molar-refractivity contribution in [2.45, 2.75) is 6.42 Å². The van der Waals surface area contributed by atoms with Gasteiger partial charge in [0, 0.05) is 12.1 Å². The molecule has 0 aromatic heterocycles. The number of carbonyl (C=O) groups is 2. The van der Waals surface area contributed by atoms with Crippen LogP contribution in [-0.4, -0.2) is 29.3 Å². The Morgan fingerprint density at radius 3 is 2.44 bits per heavy atom. The number of carboxylic acids is 1. The van der Waals surface area contributed by atoms with Crippen LogP contribution in [-0.2, 0) is 9.63 Å². The van der Waals surface area contributed by atoms with Gasteiger partial charge in [-0.2, -0.15) is 0 Å². The van der Waals surface area contributed by atoms with Gasteiger partial charge in [0.05, 0.1) is 5.56 Å². The molecule has 0 atom stereocenters. The molecular formula is C19H16N2O4. The number of anilines is 1. The van der Waals surface area contributed by atoms with Crippen LogP contribution in [0.5, 0.6) is 0 Å². The Kier molecular flexibility index (Phi) is 4.89. The number of rotatable bonds is 4. The average Bonchev–Trinajstić information content (AvgIpc) is 2.89. The number of nitrogens with one attached hydrogen (secondary N) is 1. The van der Waals surface area contributed by atoms with E-state index in [1.807, 2.05) is 30.3 Å². The highest BCUT2D eigenvalue weighted by atomic mass is 16.6. The smallest absolute Gasteiger partial charge is 0.335 e. The van der Waals surface area contributed by atoms with Crippen molar-refractivity contribution in [1.29, 1.82) is 0 Å². The van der Waals surface area contributed by atoms with Crippen molar-refractivity contribution in [2.24, 2.45) is 5.16 Å². The molecule has 2 aromatic carbocycles. The van der Waals surface area contributed by atoms with Crippen LogP contribution < -0.4 is 5.32 Å². The highest BCUT2D eigenvalue weighted by Gasteiger charge is 2.16. The van der Waals surface area contributed by atoms with Gasteiger partial charge in [-0.05, 0) is 41.5 Å². The third kappa shape index (κ3) is 4.11. The van der Waals surface area contributed by atoms with Crippen molar-refractivity contribution in [1.82, 2.24) is 0 Å². The molecule has 0 aliphatic carbocycles. The van der Waals surface area contributed by atoms with Crippen LogP contribution in [0, 0.1) is 0 Å². The second-order valence-electron chi connectivity index (χ2n) is 5.43. The summed E-state index contributed by atoms with van der Waals surface area (Å²) in [5, 5.41) is 15.5. The van der Waals surface area contributed by atoms with E-state index in [2.05, 4.69) is 10.5 Å². The molecule has 1 amide bonds. The van der Waals surface area contributed by atoms with E-state index >= 15 is 0 Å². The van der Waals surface area contributed by atoms with Gasteiger partial charge < -0.3 is 15.3 Å². The largest absolute Gasteiger partial charge is 0.478 e. The summed E-state index contributed by atoms with van der Waals surface area (Å²) in [5.41, 5.74) is 2.78. The molecule has 1 aliphatic rings. The summed E-state index contributed by atoms with van der Waals surface area (Å²) >= 11 is 0. The van der Waals surface area contributed by atoms with Gasteiger partial charge in [0.1, 0.15) is 6.61 Å². The van der Waals surface area contributed by atoms with E-state index in [1.165, 1.54) is 24.3 Å². The Labute approximate surface area is 144 Å². The van der Waals surface area contributed by atoms with Crippen LogP contribution in [0.15, 0.2) is 65.8 Å². The van der Waals surface area contributed by atoms with E-state index in [0.29, 0.717) is 18.7 Å². The van der Waals surface area contributed by atoms with Gasteiger partial charge in [0.2, 0.25) is 0 Å². The fraction of sp³-hybridized carbons (Fsp3) is 0.105. The predicted molar refractivity (Wildman–Crippen MR) is 94.5 cm³/mol. The molecule has 0 unspecified atom stereocenters. The third-order valence-corrected chi connectivity index (χ3v) is 3.70. The maximum atomic E-state index is 12.4. The topological polar surface area (TPSA) is 88.0 Å². The molecule has 0 saturated carbocycles. The normalized spacial score (nSPS) is 13.8. The van der Waals surface area contributed by atoms with Crippen molar-refractivity contribution < 1.29 is 19.5 Å². The van der Waals surface area contributed by atoms with E-state index in [0.717, 1.165) is 11.1 Å². The summed E-state index contributed by atoms with van der Waals surface area (Å²) in [5.74, 6) is -1.44. The van der Waals surface area contributed by atoms with Gasteiger partial charge in [0.15, 0.2) is 5.71 Å². The number of amides is 1. The van der Waals surface area contributed by atoms with Gasteiger partial charge in [-0.15, -0.1) is 0 Å². The summed E-state index contributed by atoms with van der Waals surface area (Å²) in [7, 11) is 0. The number of hydrogen-bond acceptors (Lipinski definition) is 4. The summed E-state index contributed by atoms with van der Waals surface area (Å²) in [6, 6.07) is 15.6. The van der Waals surface area contributed by atoms with Crippen molar-refractivity contribution >= 4 is 28.8 Å². The fourth-order valence-electron chi connectivity index (χ4n) is 2.41. The first-order valence-corrected chi connectivity index (χ1v) is 7.74. The standard InChI is InChI=1S/C19H16N2O4/c22-18(20-16-8-6-14(7-9-16)19(23)24)17-12-15(10-11-25-21-17)13-4-2-1-3-5-13/h1-9,12H,10-11H2,(H,20,22)(H,23,24). The van der Waals surface area contributed by atoms with E-state index in [1.54, 1.807) is 6.08 Å². The quantitative estimate of drug-likeness (QED) is 0.897. The Morgan fingerprint density at radius 2 is 1.76 bits per heavy atom. The minimum atomic E-state index is -1.02. The Balaban J connectivity index is 1.78. The summed E-state index contributed by atoms with van der Waals surface area (Å²) < 4.78 is 0. The molecule has 0 radical (unpaired) electrons. The monoisotopic (exact) mass is 336 g/mol. The van der Waals surface area contributed by atoms with Gasteiger partial charge >= 0.3 is 5.97 Å². The number of carbonyl (C=O) groups excluding carboxylic acids is 1. The molecule has 25 heavy (non-hydrogen) atoms. The molecule has 0 bridgehead atoms. The number of nitrogens with zero attached hydrogens (tertiary/aromatic N) is 1. The van der Waals surface area contributed by atoms with Crippen LogP contribution in [0.2, 0.25) is 0 Å². The molecule has 0 spiro atoms. The molecule has 2 N–H and O–H groups in total. The zero-order chi connectivity index (χ0) is 17.6. The SMILES string of the molecule is O=C(Nc1ccc(C(=O)O)cc1)C1=NOCCC(c2ccccc2)=C1. The van der Waals surface area contributed by atoms with E-state index in [-0.39, 0.29) is 11.3 Å². The molecular weight excluding hydrogens is 320 g/mol. The molecule has 126 valence electrons. The number of benzene rings is 2. The molecule has 6 nitrogen and oxygen atoms in total. The van der Waals surface area contributed by atoms with Crippen LogP contribution >= 0.6 is 0 Å². The predicted octanol–water partition coefficient (Wildman–Crippen LogP) is 3.18. The van der Waals surface area contributed by atoms with E-state index in [9.17, 15) is 9.59 Å². The molecule has 0 fully saturated rings. The lowest BCUT2D eigenvalue weighted by Crippen LogP contribution is -2.21. The molecule has 3 rings (SSSR count). The molecule has 1 heterocycles. The first-order chi connectivity index (χ1) is 12.1. The van der Waals surface area contributed by atoms with Crippen LogP contribution in [0.4, 0.5) is 5.69 Å². The lowest BCUT2D eigenvalue weighted by Gasteiger charge is -2.06. The van der Waals surface area contributed by atoms with Gasteiger partial charge in [-0.3, -0.25) is 4.79 Å². The first-order valence-electron chi connectivity index (χ1n) is 7.74. The van der Waals surface area contributed by atoms with Crippen molar-refractivity contribution in [3.8, 4) is 0 Å². The molecule has 0 saturated heterocycles. The highest BCUT2D eigenvalue weighted by Crippen LogP contribution is 2.20. The van der Waals surface area contributed by atoms with Crippen LogP contribution in [0.3, 0.4) is 0 Å². The van der Waals surface area contributed by atoms with Crippen molar-refractivity contribution in [3.05, 3.63) is 71.8 Å². The van der Waals surface area contributed by atoms with Gasteiger partial charge in [0.25, 0.3) is 5.91 Å². The minimum absolute atomic E-state index is 0.152. The third-order valence-electron chi connectivity index (χ3n) is 3.70. The Morgan fingerprint density at radius 1 is 1.04 bits per heavy atom. The summed E-state index contributed by atoms with van der Waals surface area (Å²) in [6.45, 7) is 0.394. The second-order valence-corrected chi connectivity index (χ2v) is 5.43. The summed E-state index contributed by atoms with van der Waals surface area (Å²) in [4.78, 5) is 28.5. The zero-order valence-electron chi connectivity index (χ0n) is 13.3. The molecule has 2 aromatic rings. The zero-order valence-corrected chi connectivity index (χ0v) is 13.3. The van der Waals surface area contributed by atoms with Crippen molar-refractivity contribution in [2.75, 3.05) is 11.9 Å². The van der Waals surface area contributed by atoms with Gasteiger partial charge in [-0.1, -0.05) is 35.5 Å². The number of carboxylic acid groups (broad SMARTS) is 1. The minimum Gasteiger partial charge on any atom is -0.478 e. The van der Waals surface area contributed by atoms with Gasteiger partial charge in [-0.25, -0.2) is 4.79 Å². The fourth-order valence-corrected chi connectivity index (χ4v) is 2.41. The summed E-state index contributed by atoms with van der Waals surface area (Å²) in [6.07, 6.45) is 2.36. The number of oxime groups is 1. The van der Waals surface area contributed by atoms with Crippen LogP contribution in [0.1, 0.15) is 22.3 Å². The number of hydrogen-bond donors (Lipinski definition) is 2. The van der Waals surface area contributed by atoms with E-state index in [4.69, 9.17) is 9.94 Å². The highest BCUT2D eigenvalue weighted by molar-refractivity contribution is 6.48. The van der Waals surface area contributed by atoms with Crippen molar-refractivity contribution in [3.63, 3.8) is 0 Å². The Bertz CT molecular complexity index is 839. The maximum absolute atomic E-state index is 12.4. The average molecular weight is 336 g/mol. The van der Waals surface area contributed by atoms with E-state index < -0.39 is 11.9 Å². The lowest BCUT2D eigenvalue weighted by atomic mass is 10.0.